The second-order valence-corrected chi connectivity index (χ2v) is 23.5. The number of carbonyl (C=O) groups excluding carboxylic acids is 3. The van der Waals surface area contributed by atoms with Gasteiger partial charge in [-0.2, -0.15) is 8.61 Å². The van der Waals surface area contributed by atoms with Crippen LogP contribution in [0.25, 0.3) is 0 Å². The van der Waals surface area contributed by atoms with Gasteiger partial charge in [0.05, 0.1) is 16.9 Å². The summed E-state index contributed by atoms with van der Waals surface area (Å²) < 4.78 is 93.3. The molecule has 18 heteroatoms. The van der Waals surface area contributed by atoms with Crippen molar-refractivity contribution in [2.75, 3.05) is 33.3 Å². The number of esters is 1. The van der Waals surface area contributed by atoms with Crippen LogP contribution in [0.1, 0.15) is 145 Å². The molecule has 2 aliphatic heterocycles. The first-order valence-electron chi connectivity index (χ1n) is 22.7. The molecule has 4 aromatic rings. The number of alkyl halides is 2. The molecule has 8 rings (SSSR count). The Balaban J connectivity index is 0.000000199. The van der Waals surface area contributed by atoms with E-state index < -0.39 is 55.4 Å². The van der Waals surface area contributed by atoms with E-state index >= 15 is 4.39 Å². The van der Waals surface area contributed by atoms with Crippen LogP contribution in [0.2, 0.25) is 0 Å². The lowest BCUT2D eigenvalue weighted by Crippen LogP contribution is -2.30. The summed E-state index contributed by atoms with van der Waals surface area (Å²) in [6, 6.07) is 13.4. The number of ether oxygens (including phenoxy) is 1. The maximum Gasteiger partial charge on any atom is 0.362 e. The third-order valence-corrected chi connectivity index (χ3v) is 17.6. The number of methoxy groups -OCH3 is 1. The summed E-state index contributed by atoms with van der Waals surface area (Å²) in [5.74, 6) is -2.97. The maximum absolute atomic E-state index is 15.3. The fourth-order valence-electron chi connectivity index (χ4n) is 10.4. The Hall–Kier alpha value is -5.04. The van der Waals surface area contributed by atoms with Crippen LogP contribution in [0.3, 0.4) is 0 Å². The van der Waals surface area contributed by atoms with E-state index in [1.165, 1.54) is 13.2 Å². The molecule has 0 radical (unpaired) electrons. The summed E-state index contributed by atoms with van der Waals surface area (Å²) in [5, 5.41) is 9.36. The standard InChI is InChI=1S/C25H31FN2O5S.C24H29FN2O5S/c1-16-18(13-17-9-5-6-10-21(17)34(31,32)27-11-7-8-12-27)22-19(14-25(2,3)15-20(22)29)28(16)23(26)24(30)33-4;1-15-17(12-16-8-4-5-9-20(16)33(31,32)26-10-6-7-11-26)21-18(27(15)22(25)23(29)30)13-24(2,3)14-19(21)28/h5-6,9-10,23H,7-8,11-15H2,1-4H3;4-5,8-9,22H,6-7,10-14H2,1-3H3,(H,29,30). The highest BCUT2D eigenvalue weighted by Gasteiger charge is 2.42. The van der Waals surface area contributed by atoms with Gasteiger partial charge in [0, 0.05) is 85.8 Å². The number of nitrogens with zero attached hydrogens (tertiary/aromatic N) is 4. The van der Waals surface area contributed by atoms with Crippen LogP contribution in [0.5, 0.6) is 0 Å². The number of carboxylic acid groups (broad SMARTS) is 1. The molecule has 67 heavy (non-hydrogen) atoms. The fourth-order valence-corrected chi connectivity index (χ4v) is 13.9. The molecule has 0 amide bonds. The lowest BCUT2D eigenvalue weighted by molar-refractivity contribution is -0.150. The van der Waals surface area contributed by atoms with Gasteiger partial charge in [-0.25, -0.2) is 35.2 Å². The van der Waals surface area contributed by atoms with Crippen LogP contribution in [0.4, 0.5) is 8.78 Å². The number of ketones is 2. The Labute approximate surface area is 391 Å². The molecule has 1 N–H and O–H groups in total. The zero-order chi connectivity index (χ0) is 49.0. The van der Waals surface area contributed by atoms with Gasteiger partial charge in [0.15, 0.2) is 11.6 Å². The zero-order valence-electron chi connectivity index (χ0n) is 39.2. The van der Waals surface area contributed by atoms with Gasteiger partial charge in [-0.1, -0.05) is 64.1 Å². The number of carboxylic acids is 1. The number of carbonyl (C=O) groups is 4. The highest BCUT2D eigenvalue weighted by molar-refractivity contribution is 7.89. The lowest BCUT2D eigenvalue weighted by atomic mass is 9.75. The summed E-state index contributed by atoms with van der Waals surface area (Å²) in [6.45, 7) is 12.8. The number of halogens is 2. The monoisotopic (exact) mass is 966 g/mol. The van der Waals surface area contributed by atoms with Crippen molar-refractivity contribution >= 4 is 43.6 Å². The molecule has 2 aliphatic carbocycles. The molecule has 2 fully saturated rings. The number of fused-ring (bicyclic) bond motifs is 2. The second kappa shape index (κ2) is 18.8. The largest absolute Gasteiger partial charge is 0.478 e. The van der Waals surface area contributed by atoms with Crippen molar-refractivity contribution < 1.29 is 54.6 Å². The minimum Gasteiger partial charge on any atom is -0.478 e. The van der Waals surface area contributed by atoms with Crippen LogP contribution in [-0.4, -0.2) is 96.5 Å². The van der Waals surface area contributed by atoms with Crippen LogP contribution >= 0.6 is 0 Å². The molecule has 2 atom stereocenters. The van der Waals surface area contributed by atoms with Gasteiger partial charge in [0.25, 0.3) is 12.6 Å². The number of rotatable bonds is 12. The Bertz CT molecular complexity index is 2850. The summed E-state index contributed by atoms with van der Waals surface area (Å²) >= 11 is 0. The number of Topliss-reactive ketones (excluding diaryl/α,β-unsaturated/α-hetero) is 2. The van der Waals surface area contributed by atoms with Gasteiger partial charge < -0.3 is 19.0 Å². The number of hydrogen-bond acceptors (Lipinski definition) is 9. The van der Waals surface area contributed by atoms with Crippen LogP contribution < -0.4 is 0 Å². The normalized spacial score (nSPS) is 19.3. The first kappa shape index (κ1) is 49.9. The van der Waals surface area contributed by atoms with Gasteiger partial charge in [0.1, 0.15) is 0 Å². The molecule has 0 bridgehead atoms. The smallest absolute Gasteiger partial charge is 0.362 e. The first-order chi connectivity index (χ1) is 31.4. The van der Waals surface area contributed by atoms with Crippen molar-refractivity contribution in [2.24, 2.45) is 10.8 Å². The molecule has 2 aromatic carbocycles. The predicted molar refractivity (Wildman–Crippen MR) is 246 cm³/mol. The van der Waals surface area contributed by atoms with E-state index in [0.717, 1.165) is 37.4 Å². The van der Waals surface area contributed by atoms with Gasteiger partial charge in [-0.15, -0.1) is 0 Å². The van der Waals surface area contributed by atoms with E-state index in [-0.39, 0.29) is 40.6 Å². The Morgan fingerprint density at radius 3 is 1.36 bits per heavy atom. The molecule has 2 saturated heterocycles. The van der Waals surface area contributed by atoms with Crippen molar-refractivity contribution in [2.45, 2.75) is 128 Å². The molecule has 0 spiro atoms. The van der Waals surface area contributed by atoms with Gasteiger partial charge in [-0.05, 0) is 97.6 Å². The molecular weight excluding hydrogens is 907 g/mol. The SMILES string of the molecule is COC(=O)C(F)n1c(C)c(Cc2ccccc2S(=O)(=O)N2CCCC2)c2c1CC(C)(C)CC2=O.Cc1c(Cc2ccccc2S(=O)(=O)N2CCCC2)c2c(n1C(F)C(=O)O)CC(C)(C)CC2=O. The minimum atomic E-state index is -3.71. The third-order valence-electron chi connectivity index (χ3n) is 13.6. The molecular formula is C49H60F2N4O10S2. The van der Waals surface area contributed by atoms with E-state index in [0.29, 0.717) is 102 Å². The lowest BCUT2D eigenvalue weighted by Gasteiger charge is -2.30. The number of aromatic nitrogens is 2. The van der Waals surface area contributed by atoms with Crippen molar-refractivity contribution in [3.63, 3.8) is 0 Å². The van der Waals surface area contributed by atoms with Crippen LogP contribution in [0, 0.1) is 24.7 Å². The molecule has 4 heterocycles. The van der Waals surface area contributed by atoms with Crippen LogP contribution in [-0.2, 0) is 60.1 Å². The fraction of sp³-hybridized carbons (Fsp3) is 0.510. The highest BCUT2D eigenvalue weighted by atomic mass is 32.2. The minimum absolute atomic E-state index is 0.100. The number of sulfonamides is 2. The van der Waals surface area contributed by atoms with Gasteiger partial charge >= 0.3 is 11.9 Å². The molecule has 0 saturated carbocycles. The van der Waals surface area contributed by atoms with Crippen molar-refractivity contribution in [3.05, 3.63) is 105 Å². The molecule has 14 nitrogen and oxygen atoms in total. The quantitative estimate of drug-likeness (QED) is 0.137. The van der Waals surface area contributed by atoms with E-state index in [4.69, 9.17) is 0 Å². The average Bonchev–Trinajstić information content (AvgIpc) is 4.08. The second-order valence-electron chi connectivity index (χ2n) is 19.7. The Morgan fingerprint density at radius 2 is 1.00 bits per heavy atom. The van der Waals surface area contributed by atoms with E-state index in [9.17, 15) is 45.5 Å². The number of hydrogen-bond donors (Lipinski definition) is 1. The predicted octanol–water partition coefficient (Wildman–Crippen LogP) is 7.85. The van der Waals surface area contributed by atoms with E-state index in [2.05, 4.69) is 4.74 Å². The highest BCUT2D eigenvalue weighted by Crippen LogP contribution is 2.43. The average molecular weight is 967 g/mol. The molecule has 2 aromatic heterocycles. The zero-order valence-corrected chi connectivity index (χ0v) is 40.8. The van der Waals surface area contributed by atoms with Crippen molar-refractivity contribution in [3.8, 4) is 0 Å². The van der Waals surface area contributed by atoms with E-state index in [1.54, 1.807) is 62.4 Å². The Kier molecular flexibility index (Phi) is 14.0. The topological polar surface area (TPSA) is 182 Å². The Morgan fingerprint density at radius 1 is 0.642 bits per heavy atom. The summed E-state index contributed by atoms with van der Waals surface area (Å²) in [4.78, 5) is 50.4. The van der Waals surface area contributed by atoms with Crippen LogP contribution in [0.15, 0.2) is 58.3 Å². The maximum atomic E-state index is 15.3. The number of aliphatic carboxylic acids is 1. The van der Waals surface area contributed by atoms with Crippen molar-refractivity contribution in [1.29, 1.82) is 0 Å². The van der Waals surface area contributed by atoms with Gasteiger partial charge in [-0.3, -0.25) is 9.59 Å². The van der Waals surface area contributed by atoms with E-state index in [1.807, 2.05) is 27.7 Å². The molecule has 4 aliphatic rings. The summed E-state index contributed by atoms with van der Waals surface area (Å²) in [5.41, 5.74) is 3.64. The summed E-state index contributed by atoms with van der Waals surface area (Å²) in [7, 11) is -6.27. The van der Waals surface area contributed by atoms with Crippen molar-refractivity contribution in [1.82, 2.24) is 17.7 Å². The number of benzene rings is 2. The molecule has 2 unspecified atom stereocenters. The third kappa shape index (κ3) is 9.55. The molecule has 362 valence electrons. The van der Waals surface area contributed by atoms with Gasteiger partial charge in [0.2, 0.25) is 20.0 Å². The first-order valence-corrected chi connectivity index (χ1v) is 25.6. The summed E-state index contributed by atoms with van der Waals surface area (Å²) in [6.07, 6.45) is 0.439.